The van der Waals surface area contributed by atoms with Crippen LogP contribution < -0.4 is 10.6 Å². The highest BCUT2D eigenvalue weighted by Crippen LogP contribution is 2.12. The van der Waals surface area contributed by atoms with Crippen LogP contribution in [0, 0.1) is 11.8 Å². The number of benzene rings is 1. The first-order valence-corrected chi connectivity index (χ1v) is 8.12. The molecule has 2 amide bonds. The first kappa shape index (κ1) is 19.2. The molecule has 1 unspecified atom stereocenters. The highest BCUT2D eigenvalue weighted by molar-refractivity contribution is 9.10. The van der Waals surface area contributed by atoms with Crippen LogP contribution in [0.15, 0.2) is 28.7 Å². The number of carbonyl (C=O) groups is 3. The van der Waals surface area contributed by atoms with Crippen LogP contribution in [0.1, 0.15) is 30.6 Å². The van der Waals surface area contributed by atoms with Gasteiger partial charge in [-0.05, 0) is 30.5 Å². The third-order valence-corrected chi connectivity index (χ3v) is 3.64. The predicted octanol–water partition coefficient (Wildman–Crippen LogP) is 2.04. The highest BCUT2D eigenvalue weighted by atomic mass is 79.9. The Bertz CT molecular complexity index is 575. The topological polar surface area (TPSA) is 95.5 Å². The third kappa shape index (κ3) is 7.27. The van der Waals surface area contributed by atoms with E-state index < -0.39 is 17.8 Å². The van der Waals surface area contributed by atoms with Gasteiger partial charge in [-0.2, -0.15) is 0 Å². The summed E-state index contributed by atoms with van der Waals surface area (Å²) in [6.45, 7) is 3.71. The third-order valence-electron chi connectivity index (χ3n) is 3.15. The molecular formula is C16H21BrN2O4. The largest absolute Gasteiger partial charge is 0.481 e. The molecule has 0 radical (unpaired) electrons. The number of carboxylic acids is 1. The minimum Gasteiger partial charge on any atom is -0.481 e. The van der Waals surface area contributed by atoms with E-state index in [1.165, 1.54) is 0 Å². The predicted molar refractivity (Wildman–Crippen MR) is 90.1 cm³/mol. The van der Waals surface area contributed by atoms with E-state index in [0.717, 1.165) is 4.47 Å². The normalized spacial score (nSPS) is 11.8. The van der Waals surface area contributed by atoms with Gasteiger partial charge in [0.1, 0.15) is 0 Å². The van der Waals surface area contributed by atoms with Crippen LogP contribution in [0.5, 0.6) is 0 Å². The molecular weight excluding hydrogens is 364 g/mol. The maximum atomic E-state index is 11.9. The molecule has 0 spiro atoms. The van der Waals surface area contributed by atoms with Crippen LogP contribution in [0.2, 0.25) is 0 Å². The van der Waals surface area contributed by atoms with Crippen molar-refractivity contribution in [3.05, 3.63) is 34.3 Å². The van der Waals surface area contributed by atoms with Gasteiger partial charge >= 0.3 is 5.97 Å². The fourth-order valence-corrected chi connectivity index (χ4v) is 2.43. The van der Waals surface area contributed by atoms with Gasteiger partial charge in [-0.3, -0.25) is 14.4 Å². The molecule has 1 aromatic rings. The lowest BCUT2D eigenvalue weighted by Gasteiger charge is -2.15. The molecule has 0 saturated carbocycles. The van der Waals surface area contributed by atoms with Gasteiger partial charge in [0, 0.05) is 16.6 Å². The quantitative estimate of drug-likeness (QED) is 0.638. The molecule has 0 aliphatic rings. The van der Waals surface area contributed by atoms with Gasteiger partial charge in [-0.15, -0.1) is 0 Å². The summed E-state index contributed by atoms with van der Waals surface area (Å²) in [5, 5.41) is 14.1. The van der Waals surface area contributed by atoms with Gasteiger partial charge in [-0.1, -0.05) is 35.8 Å². The molecule has 23 heavy (non-hydrogen) atoms. The van der Waals surface area contributed by atoms with Crippen LogP contribution in [0.3, 0.4) is 0 Å². The Kier molecular flexibility index (Phi) is 7.74. The Morgan fingerprint density at radius 1 is 1.22 bits per heavy atom. The number of amides is 2. The zero-order valence-corrected chi connectivity index (χ0v) is 14.7. The second kappa shape index (κ2) is 9.29. The smallest absolute Gasteiger partial charge is 0.308 e. The number of hydrogen-bond donors (Lipinski definition) is 3. The number of hydrogen-bond acceptors (Lipinski definition) is 3. The molecule has 0 heterocycles. The number of carbonyl (C=O) groups excluding carboxylic acids is 2. The number of aliphatic carboxylic acids is 1. The molecule has 126 valence electrons. The van der Waals surface area contributed by atoms with Crippen LogP contribution >= 0.6 is 15.9 Å². The monoisotopic (exact) mass is 384 g/mol. The van der Waals surface area contributed by atoms with E-state index in [9.17, 15) is 14.4 Å². The number of halogens is 1. The Morgan fingerprint density at radius 3 is 2.48 bits per heavy atom. The summed E-state index contributed by atoms with van der Waals surface area (Å²) < 4.78 is 0.771. The molecule has 0 bridgehead atoms. The summed E-state index contributed by atoms with van der Waals surface area (Å²) in [5.74, 6) is -2.11. The summed E-state index contributed by atoms with van der Waals surface area (Å²) in [6, 6.07) is 6.81. The molecule has 0 fully saturated rings. The molecule has 3 N–H and O–H groups in total. The summed E-state index contributed by atoms with van der Waals surface area (Å²) in [4.78, 5) is 34.7. The van der Waals surface area contributed by atoms with Crippen molar-refractivity contribution in [2.75, 3.05) is 13.1 Å². The van der Waals surface area contributed by atoms with Gasteiger partial charge in [0.2, 0.25) is 5.91 Å². The molecule has 1 rings (SSSR count). The van der Waals surface area contributed by atoms with Crippen molar-refractivity contribution in [3.63, 3.8) is 0 Å². The molecule has 0 saturated heterocycles. The van der Waals surface area contributed by atoms with Gasteiger partial charge in [0.15, 0.2) is 0 Å². The Balaban J connectivity index is 2.41. The van der Waals surface area contributed by atoms with Gasteiger partial charge in [-0.25, -0.2) is 0 Å². The maximum Gasteiger partial charge on any atom is 0.308 e. The Labute approximate surface area is 143 Å². The molecule has 0 aromatic heterocycles. The lowest BCUT2D eigenvalue weighted by molar-refractivity contribution is -0.142. The average Bonchev–Trinajstić information content (AvgIpc) is 2.48. The van der Waals surface area contributed by atoms with Crippen molar-refractivity contribution in [3.8, 4) is 0 Å². The van der Waals surface area contributed by atoms with E-state index in [1.54, 1.807) is 24.3 Å². The summed E-state index contributed by atoms with van der Waals surface area (Å²) >= 11 is 3.27. The van der Waals surface area contributed by atoms with Crippen LogP contribution in [0.4, 0.5) is 0 Å². The maximum absolute atomic E-state index is 11.9. The highest BCUT2D eigenvalue weighted by Gasteiger charge is 2.19. The van der Waals surface area contributed by atoms with Crippen molar-refractivity contribution < 1.29 is 19.5 Å². The number of carboxylic acid groups (broad SMARTS) is 1. The van der Waals surface area contributed by atoms with Crippen molar-refractivity contribution >= 4 is 33.7 Å². The molecule has 7 heteroatoms. The first-order valence-electron chi connectivity index (χ1n) is 7.33. The number of nitrogens with one attached hydrogen (secondary N) is 2. The lowest BCUT2D eigenvalue weighted by atomic mass is 9.97. The van der Waals surface area contributed by atoms with E-state index in [1.807, 2.05) is 13.8 Å². The van der Waals surface area contributed by atoms with Gasteiger partial charge in [0.05, 0.1) is 12.5 Å². The number of rotatable bonds is 8. The van der Waals surface area contributed by atoms with Crippen LogP contribution in [0.25, 0.3) is 0 Å². The van der Waals surface area contributed by atoms with E-state index in [0.29, 0.717) is 12.0 Å². The van der Waals surface area contributed by atoms with E-state index in [2.05, 4.69) is 26.6 Å². The van der Waals surface area contributed by atoms with E-state index in [4.69, 9.17) is 5.11 Å². The summed E-state index contributed by atoms with van der Waals surface area (Å²) in [5.41, 5.74) is 0.440. The minimum atomic E-state index is -0.933. The molecule has 0 aliphatic heterocycles. The van der Waals surface area contributed by atoms with Gasteiger partial charge in [0.25, 0.3) is 5.91 Å². The molecule has 1 aromatic carbocycles. The Hall–Kier alpha value is -1.89. The SMILES string of the molecule is CC(C)CC(CNC(=O)CNC(=O)c1cccc(Br)c1)C(=O)O. The fraction of sp³-hybridized carbons (Fsp3) is 0.438. The first-order chi connectivity index (χ1) is 10.8. The van der Waals surface area contributed by atoms with Crippen LogP contribution in [-0.4, -0.2) is 36.0 Å². The average molecular weight is 385 g/mol. The molecule has 0 aliphatic carbocycles. The zero-order valence-electron chi connectivity index (χ0n) is 13.1. The summed E-state index contributed by atoms with van der Waals surface area (Å²) in [6.07, 6.45) is 0.486. The zero-order chi connectivity index (χ0) is 17.4. The van der Waals surface area contributed by atoms with E-state index >= 15 is 0 Å². The Morgan fingerprint density at radius 2 is 1.91 bits per heavy atom. The second-order valence-corrected chi connectivity index (χ2v) is 6.58. The van der Waals surface area contributed by atoms with Crippen molar-refractivity contribution in [1.29, 1.82) is 0 Å². The van der Waals surface area contributed by atoms with Crippen molar-refractivity contribution in [2.24, 2.45) is 11.8 Å². The summed E-state index contributed by atoms with van der Waals surface area (Å²) in [7, 11) is 0. The van der Waals surface area contributed by atoms with Gasteiger partial charge < -0.3 is 15.7 Å². The van der Waals surface area contributed by atoms with Crippen molar-refractivity contribution in [1.82, 2.24) is 10.6 Å². The second-order valence-electron chi connectivity index (χ2n) is 5.66. The molecule has 1 atom stereocenters. The van der Waals surface area contributed by atoms with E-state index in [-0.39, 0.29) is 24.9 Å². The lowest BCUT2D eigenvalue weighted by Crippen LogP contribution is -2.40. The molecule has 6 nitrogen and oxygen atoms in total. The standard InChI is InChI=1S/C16H21BrN2O4/c1-10(2)6-12(16(22)23)8-18-14(20)9-19-15(21)11-4-3-5-13(17)7-11/h3-5,7,10,12H,6,8-9H2,1-2H3,(H,18,20)(H,19,21)(H,22,23). The van der Waals surface area contributed by atoms with Crippen molar-refractivity contribution in [2.45, 2.75) is 20.3 Å². The fourth-order valence-electron chi connectivity index (χ4n) is 2.03. The van der Waals surface area contributed by atoms with Crippen LogP contribution in [-0.2, 0) is 9.59 Å². The minimum absolute atomic E-state index is 0.0547.